The van der Waals surface area contributed by atoms with Crippen molar-refractivity contribution in [1.82, 2.24) is 4.31 Å². The molecule has 2 unspecified atom stereocenters. The van der Waals surface area contributed by atoms with Crippen LogP contribution in [0.15, 0.2) is 36.1 Å². The van der Waals surface area contributed by atoms with Crippen molar-refractivity contribution in [2.45, 2.75) is 32.5 Å². The first-order valence-electron chi connectivity index (χ1n) is 6.14. The Bertz CT molecular complexity index is 471. The highest BCUT2D eigenvalue weighted by Gasteiger charge is 2.29. The fourth-order valence-electron chi connectivity index (χ4n) is 2.06. The number of carboxylic acid groups (broad SMARTS) is 1. The molecule has 1 aliphatic rings. The van der Waals surface area contributed by atoms with Crippen LogP contribution in [0.1, 0.15) is 20.3 Å². The largest absolute Gasteiger partial charge is 0.755 e. The summed E-state index contributed by atoms with van der Waals surface area (Å²) >= 11 is -2.44. The van der Waals surface area contributed by atoms with E-state index in [1.165, 1.54) is 6.92 Å². The van der Waals surface area contributed by atoms with Gasteiger partial charge in [0, 0.05) is 23.4 Å². The maximum Gasteiger partial charge on any atom is 0.332 e. The van der Waals surface area contributed by atoms with Gasteiger partial charge in [0.1, 0.15) is 0 Å². The second-order valence-electron chi connectivity index (χ2n) is 4.32. The number of hydrogen-bond donors (Lipinski definition) is 1. The van der Waals surface area contributed by atoms with E-state index in [9.17, 15) is 13.6 Å². The van der Waals surface area contributed by atoms with Crippen molar-refractivity contribution in [2.24, 2.45) is 0 Å². The predicted molar refractivity (Wildman–Crippen MR) is 74.3 cm³/mol. The molecular weight excluding hydrogens is 282 g/mol. The molecule has 0 amide bonds. The van der Waals surface area contributed by atoms with Crippen LogP contribution >= 0.6 is 0 Å². The number of aliphatic carboxylic acids is 1. The van der Waals surface area contributed by atoms with Gasteiger partial charge in [0.15, 0.2) is 6.10 Å². The second-order valence-corrected chi connectivity index (χ2v) is 5.20. The van der Waals surface area contributed by atoms with E-state index in [4.69, 9.17) is 9.84 Å². The average Bonchev–Trinajstić information content (AvgIpc) is 2.38. The molecule has 1 N–H and O–H groups in total. The van der Waals surface area contributed by atoms with Gasteiger partial charge in [0.05, 0.1) is 12.6 Å². The van der Waals surface area contributed by atoms with Gasteiger partial charge < -0.3 is 18.7 Å². The van der Waals surface area contributed by atoms with E-state index < -0.39 is 29.4 Å². The van der Waals surface area contributed by atoms with Crippen molar-refractivity contribution in [3.05, 3.63) is 36.1 Å². The van der Waals surface area contributed by atoms with Crippen LogP contribution in [0.3, 0.4) is 0 Å². The van der Waals surface area contributed by atoms with Gasteiger partial charge in [0.25, 0.3) is 0 Å². The zero-order valence-electron chi connectivity index (χ0n) is 11.4. The Balaban J connectivity index is 2.98. The van der Waals surface area contributed by atoms with Crippen LogP contribution in [0.25, 0.3) is 0 Å². The van der Waals surface area contributed by atoms with Crippen molar-refractivity contribution in [1.29, 1.82) is 0 Å². The third kappa shape index (κ3) is 4.03. The minimum atomic E-state index is -2.44. The summed E-state index contributed by atoms with van der Waals surface area (Å²) < 4.78 is 29.1. The number of hydrogen-bond acceptors (Lipinski definition) is 4. The monoisotopic (exact) mass is 300 g/mol. The van der Waals surface area contributed by atoms with Crippen LogP contribution in [-0.4, -0.2) is 42.9 Å². The first-order chi connectivity index (χ1) is 9.40. The van der Waals surface area contributed by atoms with Gasteiger partial charge in [0.2, 0.25) is 0 Å². The Morgan fingerprint density at radius 1 is 1.70 bits per heavy atom. The number of nitrogens with zero attached hydrogens (tertiary/aromatic N) is 1. The van der Waals surface area contributed by atoms with Crippen molar-refractivity contribution in [3.63, 3.8) is 0 Å². The first-order valence-corrected chi connectivity index (χ1v) is 7.17. The topological polar surface area (TPSA) is 89.9 Å². The lowest BCUT2D eigenvalue weighted by molar-refractivity contribution is -0.153. The third-order valence-corrected chi connectivity index (χ3v) is 3.64. The molecule has 0 radical (unpaired) electrons. The van der Waals surface area contributed by atoms with Crippen LogP contribution in [-0.2, 0) is 20.8 Å². The Morgan fingerprint density at radius 3 is 2.80 bits per heavy atom. The normalized spacial score (nSPS) is 26.6. The minimum absolute atomic E-state index is 0.0991. The highest BCUT2D eigenvalue weighted by molar-refractivity contribution is 7.76. The molecule has 1 saturated heterocycles. The molecule has 0 aliphatic carbocycles. The molecule has 112 valence electrons. The molecule has 3 atom stereocenters. The molecule has 6 nitrogen and oxygen atoms in total. The van der Waals surface area contributed by atoms with Gasteiger partial charge in [-0.15, -0.1) is 0 Å². The van der Waals surface area contributed by atoms with Gasteiger partial charge in [-0.1, -0.05) is 24.8 Å². The van der Waals surface area contributed by atoms with Crippen molar-refractivity contribution < 1.29 is 23.4 Å². The fourth-order valence-corrected chi connectivity index (χ4v) is 2.73. The minimum Gasteiger partial charge on any atom is -0.755 e. The quantitative estimate of drug-likeness (QED) is 0.774. The standard InChI is InChI=1S/C13H19NO5S/c1-4-6-10-7-11(19-9(3)13(15)16)8-14(20(17)18)12(10)5-2/h4-6,9,11H,1,7-8H2,2-3H3,(H,15,16)(H,17,18)/p-1/b10-6-,12-5+/t9?,11-/m1/s1. The zero-order valence-corrected chi connectivity index (χ0v) is 12.3. The highest BCUT2D eigenvalue weighted by Crippen LogP contribution is 2.29. The van der Waals surface area contributed by atoms with Crippen LogP contribution < -0.4 is 0 Å². The molecule has 0 saturated carbocycles. The number of ether oxygens (including phenoxy) is 1. The highest BCUT2D eigenvalue weighted by atomic mass is 32.2. The van der Waals surface area contributed by atoms with Gasteiger partial charge in [-0.3, -0.25) is 4.21 Å². The molecule has 7 heteroatoms. The van der Waals surface area contributed by atoms with Gasteiger partial charge >= 0.3 is 5.97 Å². The number of piperidine rings is 1. The van der Waals surface area contributed by atoms with E-state index in [-0.39, 0.29) is 6.54 Å². The SMILES string of the molecule is C=C/C=C1/C[C@@H](OC(C)C(=O)O)CN(S(=O)[O-])/C1=C/C. The van der Waals surface area contributed by atoms with E-state index in [1.807, 2.05) is 0 Å². The summed E-state index contributed by atoms with van der Waals surface area (Å²) in [6.45, 7) is 6.86. The average molecular weight is 300 g/mol. The zero-order chi connectivity index (χ0) is 15.3. The summed E-state index contributed by atoms with van der Waals surface area (Å²) in [6, 6.07) is 0. The fraction of sp³-hybridized carbons (Fsp3) is 0.462. The van der Waals surface area contributed by atoms with Crippen molar-refractivity contribution in [2.75, 3.05) is 6.54 Å². The van der Waals surface area contributed by atoms with Crippen molar-refractivity contribution >= 4 is 17.2 Å². The molecule has 1 heterocycles. The van der Waals surface area contributed by atoms with Gasteiger partial charge in [-0.25, -0.2) is 4.79 Å². The van der Waals surface area contributed by atoms with Crippen LogP contribution in [0, 0.1) is 0 Å². The molecule has 0 aromatic rings. The first kappa shape index (κ1) is 16.6. The smallest absolute Gasteiger partial charge is 0.332 e. The Morgan fingerprint density at radius 2 is 2.35 bits per heavy atom. The predicted octanol–water partition coefficient (Wildman–Crippen LogP) is 1.36. The van der Waals surface area contributed by atoms with E-state index in [2.05, 4.69) is 6.58 Å². The van der Waals surface area contributed by atoms with Gasteiger partial charge in [-0.05, 0) is 19.4 Å². The van der Waals surface area contributed by atoms with Gasteiger partial charge in [-0.2, -0.15) is 0 Å². The van der Waals surface area contributed by atoms with Crippen LogP contribution in [0.2, 0.25) is 0 Å². The Hall–Kier alpha value is -1.44. The summed E-state index contributed by atoms with van der Waals surface area (Å²) in [5.41, 5.74) is 1.32. The van der Waals surface area contributed by atoms with Crippen LogP contribution in [0.5, 0.6) is 0 Å². The summed E-state index contributed by atoms with van der Waals surface area (Å²) in [4.78, 5) is 10.8. The number of carbonyl (C=O) groups is 1. The molecule has 1 aliphatic heterocycles. The van der Waals surface area contributed by atoms with Crippen molar-refractivity contribution in [3.8, 4) is 0 Å². The molecule has 1 fully saturated rings. The van der Waals surface area contributed by atoms with E-state index in [1.54, 1.807) is 25.2 Å². The lowest BCUT2D eigenvalue weighted by atomic mass is 9.99. The van der Waals surface area contributed by atoms with E-state index >= 15 is 0 Å². The molecule has 0 aromatic heterocycles. The van der Waals surface area contributed by atoms with E-state index in [0.29, 0.717) is 12.1 Å². The summed E-state index contributed by atoms with van der Waals surface area (Å²) in [5, 5.41) is 8.85. The summed E-state index contributed by atoms with van der Waals surface area (Å²) in [6.07, 6.45) is 3.91. The maximum absolute atomic E-state index is 11.3. The lowest BCUT2D eigenvalue weighted by Crippen LogP contribution is -2.42. The number of rotatable bonds is 5. The third-order valence-electron chi connectivity index (χ3n) is 2.93. The molecule has 0 aromatic carbocycles. The molecule has 0 spiro atoms. The molecular formula is C13H18NO5S-. The Kier molecular flexibility index (Phi) is 6.12. The maximum atomic E-state index is 11.3. The number of allylic oxidation sites excluding steroid dienone is 4. The van der Waals surface area contributed by atoms with Crippen LogP contribution in [0.4, 0.5) is 0 Å². The summed E-state index contributed by atoms with van der Waals surface area (Å²) in [7, 11) is 0. The molecule has 1 rings (SSSR count). The lowest BCUT2D eigenvalue weighted by Gasteiger charge is -2.39. The second kappa shape index (κ2) is 7.37. The number of carboxylic acids is 1. The molecule has 20 heavy (non-hydrogen) atoms. The summed E-state index contributed by atoms with van der Waals surface area (Å²) in [5.74, 6) is -1.08. The van der Waals surface area contributed by atoms with E-state index in [0.717, 1.165) is 9.88 Å². The Labute approximate surface area is 120 Å². The molecule has 0 bridgehead atoms.